The number of aliphatic hydroxyl groups excluding tert-OH is 1. The fraction of sp³-hybridized carbons (Fsp3) is 0.400. The molecule has 0 amide bonds. The number of hydrogen-bond acceptors (Lipinski definition) is 3. The minimum Gasteiger partial charge on any atom is -0.497 e. The van der Waals surface area contributed by atoms with E-state index in [2.05, 4.69) is 0 Å². The molecule has 0 saturated carbocycles. The van der Waals surface area contributed by atoms with Crippen molar-refractivity contribution in [2.24, 2.45) is 5.73 Å². The predicted molar refractivity (Wildman–Crippen MR) is 51.6 cm³/mol. The molecule has 0 radical (unpaired) electrons. The number of ether oxygens (including phenoxy) is 1. The molecule has 0 bridgehead atoms. The van der Waals surface area contributed by atoms with E-state index in [4.69, 9.17) is 10.5 Å². The van der Waals surface area contributed by atoms with Crippen LogP contribution in [0.3, 0.4) is 0 Å². The van der Waals surface area contributed by atoms with Gasteiger partial charge in [-0.25, -0.2) is 0 Å². The molecule has 1 aromatic rings. The van der Waals surface area contributed by atoms with Gasteiger partial charge >= 0.3 is 0 Å². The van der Waals surface area contributed by atoms with Crippen LogP contribution in [0, 0.1) is 0 Å². The molecule has 72 valence electrons. The molecule has 2 atom stereocenters. The Balaban J connectivity index is 2.88. The molecule has 13 heavy (non-hydrogen) atoms. The lowest BCUT2D eigenvalue weighted by Crippen LogP contribution is -2.22. The van der Waals surface area contributed by atoms with Crippen molar-refractivity contribution in [3.05, 3.63) is 29.8 Å². The summed E-state index contributed by atoms with van der Waals surface area (Å²) in [4.78, 5) is 0. The summed E-state index contributed by atoms with van der Waals surface area (Å²) >= 11 is 0. The van der Waals surface area contributed by atoms with Crippen molar-refractivity contribution in [3.63, 3.8) is 0 Å². The van der Waals surface area contributed by atoms with E-state index in [9.17, 15) is 5.11 Å². The molecule has 0 aliphatic rings. The lowest BCUT2D eigenvalue weighted by molar-refractivity contribution is 0.164. The van der Waals surface area contributed by atoms with Crippen LogP contribution in [0.2, 0.25) is 0 Å². The highest BCUT2D eigenvalue weighted by Gasteiger charge is 2.11. The van der Waals surface area contributed by atoms with Crippen molar-refractivity contribution in [1.29, 1.82) is 0 Å². The van der Waals surface area contributed by atoms with Gasteiger partial charge in [-0.15, -0.1) is 0 Å². The highest BCUT2D eigenvalue weighted by molar-refractivity contribution is 5.30. The van der Waals surface area contributed by atoms with Crippen molar-refractivity contribution >= 4 is 0 Å². The van der Waals surface area contributed by atoms with E-state index in [1.54, 1.807) is 14.0 Å². The van der Waals surface area contributed by atoms with E-state index >= 15 is 0 Å². The van der Waals surface area contributed by atoms with Crippen LogP contribution in [0.25, 0.3) is 0 Å². The fourth-order valence-electron chi connectivity index (χ4n) is 1.13. The maximum Gasteiger partial charge on any atom is 0.119 e. The molecule has 3 nitrogen and oxygen atoms in total. The number of benzene rings is 1. The molecule has 0 unspecified atom stereocenters. The third kappa shape index (κ3) is 2.44. The van der Waals surface area contributed by atoms with Gasteiger partial charge in [0.15, 0.2) is 0 Å². The lowest BCUT2D eigenvalue weighted by atomic mass is 10.0. The lowest BCUT2D eigenvalue weighted by Gasteiger charge is -2.15. The number of rotatable bonds is 3. The Hall–Kier alpha value is -1.06. The molecule has 3 N–H and O–H groups in total. The molecule has 0 aromatic heterocycles. The summed E-state index contributed by atoms with van der Waals surface area (Å²) in [5.41, 5.74) is 6.64. The van der Waals surface area contributed by atoms with Crippen molar-refractivity contribution < 1.29 is 9.84 Å². The van der Waals surface area contributed by atoms with Gasteiger partial charge in [-0.1, -0.05) is 12.1 Å². The van der Waals surface area contributed by atoms with Gasteiger partial charge in [0.25, 0.3) is 0 Å². The Morgan fingerprint density at radius 3 is 2.69 bits per heavy atom. The molecule has 0 spiro atoms. The van der Waals surface area contributed by atoms with E-state index in [-0.39, 0.29) is 6.04 Å². The molecule has 0 aliphatic carbocycles. The fourth-order valence-corrected chi connectivity index (χ4v) is 1.13. The summed E-state index contributed by atoms with van der Waals surface area (Å²) in [6, 6.07) is 7.06. The Labute approximate surface area is 78.1 Å². The molecular weight excluding hydrogens is 166 g/mol. The SMILES string of the molecule is COc1cccc([C@H](N)[C@@H](C)O)c1. The molecule has 0 aliphatic heterocycles. The first-order chi connectivity index (χ1) is 6.15. The monoisotopic (exact) mass is 181 g/mol. The quantitative estimate of drug-likeness (QED) is 0.733. The number of aliphatic hydroxyl groups is 1. The summed E-state index contributed by atoms with van der Waals surface area (Å²) < 4.78 is 5.05. The minimum absolute atomic E-state index is 0.352. The van der Waals surface area contributed by atoms with Gasteiger partial charge in [0.1, 0.15) is 5.75 Å². The first-order valence-electron chi connectivity index (χ1n) is 4.22. The van der Waals surface area contributed by atoms with Crippen molar-refractivity contribution in [3.8, 4) is 5.75 Å². The maximum absolute atomic E-state index is 9.27. The molecular formula is C10H15NO2. The molecule has 0 fully saturated rings. The smallest absolute Gasteiger partial charge is 0.119 e. The highest BCUT2D eigenvalue weighted by Crippen LogP contribution is 2.19. The number of nitrogens with two attached hydrogens (primary N) is 1. The first kappa shape index (κ1) is 10.0. The second-order valence-corrected chi connectivity index (χ2v) is 3.04. The Morgan fingerprint density at radius 2 is 2.15 bits per heavy atom. The van der Waals surface area contributed by atoms with E-state index in [1.807, 2.05) is 24.3 Å². The third-order valence-corrected chi connectivity index (χ3v) is 2.00. The average molecular weight is 181 g/mol. The minimum atomic E-state index is -0.549. The van der Waals surface area contributed by atoms with Crippen LogP contribution in [0.15, 0.2) is 24.3 Å². The molecule has 1 rings (SSSR count). The van der Waals surface area contributed by atoms with Gasteiger partial charge < -0.3 is 15.6 Å². The second kappa shape index (κ2) is 4.25. The largest absolute Gasteiger partial charge is 0.497 e. The van der Waals surface area contributed by atoms with Crippen LogP contribution >= 0.6 is 0 Å². The van der Waals surface area contributed by atoms with Crippen LogP contribution in [0.1, 0.15) is 18.5 Å². The van der Waals surface area contributed by atoms with Crippen LogP contribution in [0.4, 0.5) is 0 Å². The zero-order valence-corrected chi connectivity index (χ0v) is 7.90. The van der Waals surface area contributed by atoms with Crippen molar-refractivity contribution in [2.45, 2.75) is 19.1 Å². The molecule has 0 saturated heterocycles. The first-order valence-corrected chi connectivity index (χ1v) is 4.22. The van der Waals surface area contributed by atoms with Crippen LogP contribution in [-0.4, -0.2) is 18.3 Å². The van der Waals surface area contributed by atoms with Crippen molar-refractivity contribution in [1.82, 2.24) is 0 Å². The van der Waals surface area contributed by atoms with Crippen molar-refractivity contribution in [2.75, 3.05) is 7.11 Å². The normalized spacial score (nSPS) is 15.1. The Bertz CT molecular complexity index is 273. The summed E-state index contributed by atoms with van der Waals surface area (Å²) in [6.07, 6.45) is -0.549. The third-order valence-electron chi connectivity index (χ3n) is 2.00. The summed E-state index contributed by atoms with van der Waals surface area (Å²) in [7, 11) is 1.60. The Morgan fingerprint density at radius 1 is 1.46 bits per heavy atom. The molecule has 0 heterocycles. The maximum atomic E-state index is 9.27. The van der Waals surface area contributed by atoms with E-state index in [0.29, 0.717) is 0 Å². The zero-order valence-electron chi connectivity index (χ0n) is 7.90. The number of hydrogen-bond donors (Lipinski definition) is 2. The van der Waals surface area contributed by atoms with Gasteiger partial charge in [-0.3, -0.25) is 0 Å². The van der Waals surface area contributed by atoms with Gasteiger partial charge in [-0.05, 0) is 24.6 Å². The van der Waals surface area contributed by atoms with Crippen LogP contribution in [0.5, 0.6) is 5.75 Å². The Kier molecular flexibility index (Phi) is 3.28. The highest BCUT2D eigenvalue weighted by atomic mass is 16.5. The van der Waals surface area contributed by atoms with Crippen LogP contribution < -0.4 is 10.5 Å². The summed E-state index contributed by atoms with van der Waals surface area (Å²) in [5, 5.41) is 9.27. The second-order valence-electron chi connectivity index (χ2n) is 3.04. The average Bonchev–Trinajstić information content (AvgIpc) is 2.16. The zero-order chi connectivity index (χ0) is 9.84. The predicted octanol–water partition coefficient (Wildman–Crippen LogP) is 1.08. The van der Waals surface area contributed by atoms with Gasteiger partial charge in [0, 0.05) is 0 Å². The van der Waals surface area contributed by atoms with Gasteiger partial charge in [0.05, 0.1) is 19.3 Å². The summed E-state index contributed by atoms with van der Waals surface area (Å²) in [5.74, 6) is 0.758. The number of methoxy groups -OCH3 is 1. The van der Waals surface area contributed by atoms with E-state index in [0.717, 1.165) is 11.3 Å². The van der Waals surface area contributed by atoms with Gasteiger partial charge in [-0.2, -0.15) is 0 Å². The molecule has 3 heteroatoms. The van der Waals surface area contributed by atoms with Gasteiger partial charge in [0.2, 0.25) is 0 Å². The standard InChI is InChI=1S/C10H15NO2/c1-7(12)10(11)8-4-3-5-9(6-8)13-2/h3-7,10,12H,11H2,1-2H3/t7-,10-/m1/s1. The van der Waals surface area contributed by atoms with E-state index < -0.39 is 6.10 Å². The summed E-state index contributed by atoms with van der Waals surface area (Å²) in [6.45, 7) is 1.67. The van der Waals surface area contributed by atoms with E-state index in [1.165, 1.54) is 0 Å². The molecule has 1 aromatic carbocycles. The van der Waals surface area contributed by atoms with Crippen LogP contribution in [-0.2, 0) is 0 Å². The topological polar surface area (TPSA) is 55.5 Å².